The second kappa shape index (κ2) is 5.93. The van der Waals surface area contributed by atoms with Gasteiger partial charge in [0, 0.05) is 32.2 Å². The van der Waals surface area contributed by atoms with Crippen LogP contribution in [0.15, 0.2) is 12.4 Å². The molecule has 0 spiro atoms. The molecule has 1 amide bonds. The van der Waals surface area contributed by atoms with Gasteiger partial charge in [0.15, 0.2) is 0 Å². The van der Waals surface area contributed by atoms with Crippen LogP contribution in [0.2, 0.25) is 5.15 Å². The minimum Gasteiger partial charge on any atom is -0.353 e. The van der Waals surface area contributed by atoms with Gasteiger partial charge in [-0.25, -0.2) is 4.98 Å². The van der Waals surface area contributed by atoms with E-state index in [1.54, 1.807) is 6.20 Å². The highest BCUT2D eigenvalue weighted by molar-refractivity contribution is 6.29. The summed E-state index contributed by atoms with van der Waals surface area (Å²) in [6.07, 6.45) is 5.52. The van der Waals surface area contributed by atoms with Gasteiger partial charge in [-0.1, -0.05) is 11.6 Å². The lowest BCUT2D eigenvalue weighted by atomic mass is 10.3. The van der Waals surface area contributed by atoms with Crippen molar-refractivity contribution in [3.63, 3.8) is 0 Å². The third-order valence-corrected chi connectivity index (χ3v) is 3.78. The first kappa shape index (κ1) is 13.6. The average molecular weight is 296 g/mol. The van der Waals surface area contributed by atoms with Gasteiger partial charge in [-0.15, -0.1) is 0 Å². The Morgan fingerprint density at radius 1 is 1.30 bits per heavy atom. The van der Waals surface area contributed by atoms with Crippen LogP contribution in [-0.4, -0.2) is 59.5 Å². The minimum absolute atomic E-state index is 0.142. The summed E-state index contributed by atoms with van der Waals surface area (Å²) in [5.41, 5.74) is 0. The Hall–Kier alpha value is -1.40. The van der Waals surface area contributed by atoms with Crippen molar-refractivity contribution >= 4 is 23.3 Å². The summed E-state index contributed by atoms with van der Waals surface area (Å²) in [5, 5.41) is 3.43. The van der Waals surface area contributed by atoms with Crippen molar-refractivity contribution in [3.05, 3.63) is 17.5 Å². The molecule has 7 heteroatoms. The van der Waals surface area contributed by atoms with E-state index in [4.69, 9.17) is 11.6 Å². The molecule has 2 heterocycles. The number of aromatic nitrogens is 2. The fourth-order valence-electron chi connectivity index (χ4n) is 2.32. The van der Waals surface area contributed by atoms with Crippen LogP contribution < -0.4 is 10.2 Å². The van der Waals surface area contributed by atoms with Crippen LogP contribution >= 0.6 is 11.6 Å². The third kappa shape index (κ3) is 3.58. The molecule has 1 aromatic heterocycles. The maximum Gasteiger partial charge on any atom is 0.234 e. The van der Waals surface area contributed by atoms with Crippen LogP contribution in [-0.2, 0) is 4.79 Å². The first-order chi connectivity index (χ1) is 9.70. The molecule has 1 saturated heterocycles. The van der Waals surface area contributed by atoms with Gasteiger partial charge in [0.2, 0.25) is 5.91 Å². The molecule has 2 fully saturated rings. The number of amides is 1. The number of piperazine rings is 1. The molecule has 1 aliphatic heterocycles. The summed E-state index contributed by atoms with van der Waals surface area (Å²) < 4.78 is 0. The zero-order valence-electron chi connectivity index (χ0n) is 11.3. The molecule has 0 bridgehead atoms. The molecule has 0 aromatic carbocycles. The van der Waals surface area contributed by atoms with E-state index < -0.39 is 0 Å². The van der Waals surface area contributed by atoms with Crippen LogP contribution in [0.4, 0.5) is 5.82 Å². The fraction of sp³-hybridized carbons (Fsp3) is 0.615. The number of carbonyl (C=O) groups excluding carboxylic acids is 1. The molecule has 20 heavy (non-hydrogen) atoms. The van der Waals surface area contributed by atoms with Crippen molar-refractivity contribution in [1.29, 1.82) is 0 Å². The molecule has 2 aliphatic rings. The molecular formula is C13H18ClN5O. The molecule has 0 atom stereocenters. The second-order valence-electron chi connectivity index (χ2n) is 5.30. The first-order valence-electron chi connectivity index (χ1n) is 6.95. The lowest BCUT2D eigenvalue weighted by Crippen LogP contribution is -2.50. The summed E-state index contributed by atoms with van der Waals surface area (Å²) in [5.74, 6) is 0.947. The van der Waals surface area contributed by atoms with E-state index in [0.29, 0.717) is 17.7 Å². The number of hydrogen-bond donors (Lipinski definition) is 1. The predicted molar refractivity (Wildman–Crippen MR) is 76.9 cm³/mol. The van der Waals surface area contributed by atoms with Gasteiger partial charge >= 0.3 is 0 Å². The maximum atomic E-state index is 11.8. The van der Waals surface area contributed by atoms with Crippen LogP contribution in [0.1, 0.15) is 12.8 Å². The van der Waals surface area contributed by atoms with E-state index in [1.807, 2.05) is 0 Å². The highest BCUT2D eigenvalue weighted by Crippen LogP contribution is 2.18. The molecule has 1 saturated carbocycles. The van der Waals surface area contributed by atoms with Gasteiger partial charge in [-0.2, -0.15) is 0 Å². The monoisotopic (exact) mass is 295 g/mol. The summed E-state index contributed by atoms with van der Waals surface area (Å²) in [6, 6.07) is 0.436. The molecular weight excluding hydrogens is 278 g/mol. The number of nitrogens with zero attached hydrogens (tertiary/aromatic N) is 4. The van der Waals surface area contributed by atoms with E-state index in [1.165, 1.54) is 6.20 Å². The smallest absolute Gasteiger partial charge is 0.234 e. The largest absolute Gasteiger partial charge is 0.353 e. The Morgan fingerprint density at radius 3 is 2.70 bits per heavy atom. The first-order valence-corrected chi connectivity index (χ1v) is 7.33. The minimum atomic E-state index is 0.142. The summed E-state index contributed by atoms with van der Waals surface area (Å²) >= 11 is 5.85. The standard InChI is InChI=1S/C13H18ClN5O/c14-11-7-15-8-12(17-11)19-5-3-18(4-6-19)9-13(20)16-10-1-2-10/h7-8,10H,1-6,9H2,(H,16,20). The zero-order valence-corrected chi connectivity index (χ0v) is 12.0. The molecule has 1 aromatic rings. The Balaban J connectivity index is 1.47. The highest BCUT2D eigenvalue weighted by atomic mass is 35.5. The Morgan fingerprint density at radius 2 is 2.05 bits per heavy atom. The molecule has 0 unspecified atom stereocenters. The summed E-state index contributed by atoms with van der Waals surface area (Å²) in [4.78, 5) is 24.4. The Kier molecular flexibility index (Phi) is 4.03. The van der Waals surface area contributed by atoms with E-state index in [9.17, 15) is 4.79 Å². The molecule has 108 valence electrons. The summed E-state index contributed by atoms with van der Waals surface area (Å²) in [7, 11) is 0. The fourth-order valence-corrected chi connectivity index (χ4v) is 2.47. The van der Waals surface area contributed by atoms with Crippen LogP contribution in [0.5, 0.6) is 0 Å². The number of rotatable bonds is 4. The normalized spacial score (nSPS) is 19.9. The van der Waals surface area contributed by atoms with Crippen molar-refractivity contribution in [1.82, 2.24) is 20.2 Å². The van der Waals surface area contributed by atoms with Crippen LogP contribution in [0.25, 0.3) is 0 Å². The van der Waals surface area contributed by atoms with Gasteiger partial charge in [0.05, 0.1) is 18.9 Å². The number of anilines is 1. The van der Waals surface area contributed by atoms with Crippen molar-refractivity contribution in [3.8, 4) is 0 Å². The van der Waals surface area contributed by atoms with E-state index in [2.05, 4.69) is 25.1 Å². The number of hydrogen-bond acceptors (Lipinski definition) is 5. The third-order valence-electron chi connectivity index (χ3n) is 3.60. The van der Waals surface area contributed by atoms with Crippen LogP contribution in [0.3, 0.4) is 0 Å². The van der Waals surface area contributed by atoms with Crippen molar-refractivity contribution in [2.75, 3.05) is 37.6 Å². The number of nitrogens with one attached hydrogen (secondary N) is 1. The molecule has 1 aliphatic carbocycles. The topological polar surface area (TPSA) is 61.4 Å². The van der Waals surface area contributed by atoms with Gasteiger partial charge in [0.25, 0.3) is 0 Å². The maximum absolute atomic E-state index is 11.8. The van der Waals surface area contributed by atoms with Crippen molar-refractivity contribution in [2.24, 2.45) is 0 Å². The van der Waals surface area contributed by atoms with Crippen LogP contribution in [0, 0.1) is 0 Å². The molecule has 6 nitrogen and oxygen atoms in total. The molecule has 3 rings (SSSR count). The lowest BCUT2D eigenvalue weighted by molar-refractivity contribution is -0.122. The van der Waals surface area contributed by atoms with Gasteiger partial charge in [-0.05, 0) is 12.8 Å². The van der Waals surface area contributed by atoms with E-state index in [0.717, 1.165) is 44.8 Å². The Bertz CT molecular complexity index is 485. The number of carbonyl (C=O) groups is 1. The van der Waals surface area contributed by atoms with Gasteiger partial charge in [0.1, 0.15) is 11.0 Å². The Labute approximate surface area is 123 Å². The quantitative estimate of drug-likeness (QED) is 0.878. The molecule has 0 radical (unpaired) electrons. The van der Waals surface area contributed by atoms with Crippen molar-refractivity contribution in [2.45, 2.75) is 18.9 Å². The predicted octanol–water partition coefficient (Wildman–Crippen LogP) is 0.531. The SMILES string of the molecule is O=C(CN1CCN(c2cncc(Cl)n2)CC1)NC1CC1. The van der Waals surface area contributed by atoms with Crippen molar-refractivity contribution < 1.29 is 4.79 Å². The number of halogens is 1. The summed E-state index contributed by atoms with van der Waals surface area (Å²) in [6.45, 7) is 3.88. The average Bonchev–Trinajstić information content (AvgIpc) is 3.23. The van der Waals surface area contributed by atoms with Gasteiger partial charge in [-0.3, -0.25) is 14.7 Å². The van der Waals surface area contributed by atoms with Gasteiger partial charge < -0.3 is 10.2 Å². The second-order valence-corrected chi connectivity index (χ2v) is 5.69. The molecule has 1 N–H and O–H groups in total. The van der Waals surface area contributed by atoms with E-state index in [-0.39, 0.29) is 5.91 Å². The zero-order chi connectivity index (χ0) is 13.9. The highest BCUT2D eigenvalue weighted by Gasteiger charge is 2.25. The van der Waals surface area contributed by atoms with E-state index >= 15 is 0 Å². The lowest BCUT2D eigenvalue weighted by Gasteiger charge is -2.34.